The van der Waals surface area contributed by atoms with Gasteiger partial charge in [-0.15, -0.1) is 0 Å². The second-order valence-corrected chi connectivity index (χ2v) is 6.96. The fourth-order valence-corrected chi connectivity index (χ4v) is 2.84. The summed E-state index contributed by atoms with van der Waals surface area (Å²) in [6, 6.07) is 13.8. The highest BCUT2D eigenvalue weighted by atomic mass is 16.5. The van der Waals surface area contributed by atoms with Gasteiger partial charge in [-0.2, -0.15) is 0 Å². The molecule has 0 saturated heterocycles. The Labute approximate surface area is 171 Å². The summed E-state index contributed by atoms with van der Waals surface area (Å²) in [5, 5.41) is 2.66. The van der Waals surface area contributed by atoms with Crippen molar-refractivity contribution in [2.45, 2.75) is 33.6 Å². The zero-order chi connectivity index (χ0) is 21.4. The molecule has 1 N–H and O–H groups in total. The normalized spacial score (nSPS) is 10.5. The molecular weight excluding hydrogens is 368 g/mol. The van der Waals surface area contributed by atoms with Crippen molar-refractivity contribution < 1.29 is 19.1 Å². The van der Waals surface area contributed by atoms with Gasteiger partial charge in [0.25, 0.3) is 11.8 Å². The summed E-state index contributed by atoms with van der Waals surface area (Å²) in [5.74, 6) is -0.747. The number of nitrogens with zero attached hydrogens (tertiary/aromatic N) is 1. The Morgan fingerprint density at radius 2 is 1.62 bits per heavy atom. The number of ether oxygens (including phenoxy) is 1. The number of esters is 1. The van der Waals surface area contributed by atoms with Crippen LogP contribution < -0.4 is 5.32 Å². The predicted octanol–water partition coefficient (Wildman–Crippen LogP) is 4.09. The fourth-order valence-electron chi connectivity index (χ4n) is 2.84. The van der Waals surface area contributed by atoms with Crippen LogP contribution in [0.2, 0.25) is 0 Å². The van der Waals surface area contributed by atoms with Gasteiger partial charge in [0, 0.05) is 24.3 Å². The number of hydrogen-bond acceptors (Lipinski definition) is 4. The second kappa shape index (κ2) is 10.4. The maximum Gasteiger partial charge on any atom is 0.338 e. The lowest BCUT2D eigenvalue weighted by molar-refractivity contribution is -0.119. The summed E-state index contributed by atoms with van der Waals surface area (Å²) in [4.78, 5) is 38.4. The van der Waals surface area contributed by atoms with E-state index in [2.05, 4.69) is 19.2 Å². The SMILES string of the molecule is CCN(CC)C(=O)c1cccc(NC(=O)COC(=O)c2ccc(C(C)C)cc2)c1. The minimum absolute atomic E-state index is 0.0950. The lowest BCUT2D eigenvalue weighted by Gasteiger charge is -2.19. The van der Waals surface area contributed by atoms with Crippen LogP contribution in [-0.4, -0.2) is 42.4 Å². The van der Waals surface area contributed by atoms with Crippen LogP contribution in [0.15, 0.2) is 48.5 Å². The predicted molar refractivity (Wildman–Crippen MR) is 113 cm³/mol. The van der Waals surface area contributed by atoms with Crippen LogP contribution in [0.4, 0.5) is 5.69 Å². The summed E-state index contributed by atoms with van der Waals surface area (Å²) >= 11 is 0. The summed E-state index contributed by atoms with van der Waals surface area (Å²) in [7, 11) is 0. The smallest absolute Gasteiger partial charge is 0.338 e. The van der Waals surface area contributed by atoms with E-state index in [4.69, 9.17) is 4.74 Å². The summed E-state index contributed by atoms with van der Waals surface area (Å²) in [5.41, 5.74) is 2.49. The number of carbonyl (C=O) groups is 3. The van der Waals surface area contributed by atoms with E-state index in [0.29, 0.717) is 35.8 Å². The maximum absolute atomic E-state index is 12.4. The van der Waals surface area contributed by atoms with Gasteiger partial charge in [0.2, 0.25) is 0 Å². The number of rotatable bonds is 8. The van der Waals surface area contributed by atoms with E-state index in [1.165, 1.54) is 0 Å². The third-order valence-electron chi connectivity index (χ3n) is 4.59. The van der Waals surface area contributed by atoms with Crippen molar-refractivity contribution in [2.75, 3.05) is 25.0 Å². The molecule has 0 bridgehead atoms. The van der Waals surface area contributed by atoms with Gasteiger partial charge in [0.05, 0.1) is 5.56 Å². The van der Waals surface area contributed by atoms with Crippen molar-refractivity contribution in [3.8, 4) is 0 Å². The van der Waals surface area contributed by atoms with Crippen LogP contribution in [0.5, 0.6) is 0 Å². The monoisotopic (exact) mass is 396 g/mol. The Bertz CT molecular complexity index is 855. The molecule has 6 heteroatoms. The Morgan fingerprint density at radius 1 is 0.966 bits per heavy atom. The number of nitrogens with one attached hydrogen (secondary N) is 1. The molecule has 29 heavy (non-hydrogen) atoms. The summed E-state index contributed by atoms with van der Waals surface area (Å²) in [6.45, 7) is 8.79. The summed E-state index contributed by atoms with van der Waals surface area (Å²) in [6.07, 6.45) is 0. The lowest BCUT2D eigenvalue weighted by Crippen LogP contribution is -2.30. The van der Waals surface area contributed by atoms with Crippen molar-refractivity contribution in [2.24, 2.45) is 0 Å². The Kier molecular flexibility index (Phi) is 7.95. The summed E-state index contributed by atoms with van der Waals surface area (Å²) < 4.78 is 5.09. The third kappa shape index (κ3) is 6.17. The lowest BCUT2D eigenvalue weighted by atomic mass is 10.0. The van der Waals surface area contributed by atoms with Crippen LogP contribution in [0.1, 0.15) is 59.9 Å². The van der Waals surface area contributed by atoms with Gasteiger partial charge >= 0.3 is 5.97 Å². The van der Waals surface area contributed by atoms with Gasteiger partial charge in [0.15, 0.2) is 6.61 Å². The average molecular weight is 396 g/mol. The minimum atomic E-state index is -0.555. The molecule has 0 aliphatic rings. The number of amides is 2. The quantitative estimate of drug-likeness (QED) is 0.682. The van der Waals surface area contributed by atoms with E-state index in [1.807, 2.05) is 26.0 Å². The first-order chi connectivity index (χ1) is 13.8. The molecule has 0 fully saturated rings. The van der Waals surface area contributed by atoms with Crippen LogP contribution in [0.25, 0.3) is 0 Å². The van der Waals surface area contributed by atoms with E-state index in [0.717, 1.165) is 5.56 Å². The van der Waals surface area contributed by atoms with Gasteiger partial charge in [-0.05, 0) is 55.7 Å². The molecule has 0 radical (unpaired) electrons. The Morgan fingerprint density at radius 3 is 2.21 bits per heavy atom. The van der Waals surface area contributed by atoms with E-state index in [9.17, 15) is 14.4 Å². The molecule has 0 atom stereocenters. The highest BCUT2D eigenvalue weighted by molar-refractivity contribution is 5.98. The van der Waals surface area contributed by atoms with Crippen molar-refractivity contribution in [3.63, 3.8) is 0 Å². The zero-order valence-electron chi connectivity index (χ0n) is 17.4. The van der Waals surface area contributed by atoms with Crippen LogP contribution in [0, 0.1) is 0 Å². The maximum atomic E-state index is 12.4. The van der Waals surface area contributed by atoms with Crippen molar-refractivity contribution in [1.82, 2.24) is 4.90 Å². The number of carbonyl (C=O) groups excluding carboxylic acids is 3. The van der Waals surface area contributed by atoms with Crippen molar-refractivity contribution in [3.05, 3.63) is 65.2 Å². The molecular formula is C23H28N2O4. The molecule has 2 aromatic rings. The fraction of sp³-hybridized carbons (Fsp3) is 0.348. The van der Waals surface area contributed by atoms with Crippen molar-refractivity contribution >= 4 is 23.5 Å². The number of benzene rings is 2. The van der Waals surface area contributed by atoms with Gasteiger partial charge in [-0.25, -0.2) is 4.79 Å². The van der Waals surface area contributed by atoms with Gasteiger partial charge in [0.1, 0.15) is 0 Å². The number of hydrogen-bond donors (Lipinski definition) is 1. The third-order valence-corrected chi connectivity index (χ3v) is 4.59. The zero-order valence-corrected chi connectivity index (χ0v) is 17.4. The molecule has 0 spiro atoms. The Hall–Kier alpha value is -3.15. The molecule has 0 aliphatic heterocycles. The van der Waals surface area contributed by atoms with Gasteiger partial charge in [-0.1, -0.05) is 32.0 Å². The molecule has 154 valence electrons. The molecule has 0 saturated carbocycles. The molecule has 2 amide bonds. The number of anilines is 1. The molecule has 2 rings (SSSR count). The molecule has 0 unspecified atom stereocenters. The second-order valence-electron chi connectivity index (χ2n) is 6.96. The van der Waals surface area contributed by atoms with Crippen LogP contribution in [-0.2, 0) is 9.53 Å². The molecule has 0 aromatic heterocycles. The van der Waals surface area contributed by atoms with Crippen LogP contribution in [0.3, 0.4) is 0 Å². The Balaban J connectivity index is 1.93. The molecule has 6 nitrogen and oxygen atoms in total. The van der Waals surface area contributed by atoms with Crippen molar-refractivity contribution in [1.29, 1.82) is 0 Å². The van der Waals surface area contributed by atoms with E-state index in [-0.39, 0.29) is 5.91 Å². The van der Waals surface area contributed by atoms with Gasteiger partial charge in [-0.3, -0.25) is 9.59 Å². The first kappa shape index (κ1) is 22.1. The molecule has 0 aliphatic carbocycles. The van der Waals surface area contributed by atoms with Gasteiger partial charge < -0.3 is 15.0 Å². The van der Waals surface area contributed by atoms with E-state index >= 15 is 0 Å². The minimum Gasteiger partial charge on any atom is -0.452 e. The average Bonchev–Trinajstić information content (AvgIpc) is 2.73. The molecule has 0 heterocycles. The largest absolute Gasteiger partial charge is 0.452 e. The molecule has 2 aromatic carbocycles. The standard InChI is InChI=1S/C23H28N2O4/c1-5-25(6-2)22(27)19-8-7-9-20(14-19)24-21(26)15-29-23(28)18-12-10-17(11-13-18)16(3)4/h7-14,16H,5-6,15H2,1-4H3,(H,24,26). The highest BCUT2D eigenvalue weighted by Crippen LogP contribution is 2.16. The first-order valence-corrected chi connectivity index (χ1v) is 9.82. The van der Waals surface area contributed by atoms with Crippen LogP contribution >= 0.6 is 0 Å². The van der Waals surface area contributed by atoms with E-state index in [1.54, 1.807) is 41.3 Å². The highest BCUT2D eigenvalue weighted by Gasteiger charge is 2.14. The topological polar surface area (TPSA) is 75.7 Å². The first-order valence-electron chi connectivity index (χ1n) is 9.82. The van der Waals surface area contributed by atoms with E-state index < -0.39 is 18.5 Å².